The number of aromatic nitrogens is 5. The predicted molar refractivity (Wildman–Crippen MR) is 88.4 cm³/mol. The van der Waals surface area contributed by atoms with Crippen LogP contribution in [-0.4, -0.2) is 24.7 Å². The fourth-order valence-corrected chi connectivity index (χ4v) is 2.76. The van der Waals surface area contributed by atoms with E-state index in [1.807, 2.05) is 18.5 Å². The molecule has 0 atom stereocenters. The minimum absolute atomic E-state index is 0.449. The zero-order valence-corrected chi connectivity index (χ0v) is 13.1. The predicted octanol–water partition coefficient (Wildman–Crippen LogP) is 3.69. The van der Waals surface area contributed by atoms with Crippen molar-refractivity contribution in [2.24, 2.45) is 0 Å². The van der Waals surface area contributed by atoms with E-state index in [1.165, 1.54) is 38.4 Å². The number of aryl methyl sites for hydroxylation is 1. The number of H-pyrrole nitrogens is 1. The van der Waals surface area contributed by atoms with Crippen molar-refractivity contribution in [1.82, 2.24) is 24.7 Å². The Kier molecular flexibility index (Phi) is 4.99. The first kappa shape index (κ1) is 15.2. The molecule has 0 unspecified atom stereocenters. The first-order valence-electron chi connectivity index (χ1n) is 8.06. The molecular formula is C17H20N6. The summed E-state index contributed by atoms with van der Waals surface area (Å²) in [6.45, 7) is 0.595. The summed E-state index contributed by atoms with van der Waals surface area (Å²) in [6, 6.07) is 4.04. The second kappa shape index (κ2) is 7.54. The topological polar surface area (TPSA) is 83.2 Å². The largest absolute Gasteiger partial charge is 0.346 e. The minimum atomic E-state index is 0.449. The van der Waals surface area contributed by atoms with Gasteiger partial charge < -0.3 is 4.98 Å². The summed E-state index contributed by atoms with van der Waals surface area (Å²) in [4.78, 5) is 11.5. The lowest BCUT2D eigenvalue weighted by Gasteiger charge is -1.98. The lowest BCUT2D eigenvalue weighted by Crippen LogP contribution is -1.96. The molecule has 0 radical (unpaired) electrons. The van der Waals surface area contributed by atoms with Gasteiger partial charge in [0.25, 0.3) is 0 Å². The Bertz CT molecular complexity index is 783. The molecule has 0 saturated heterocycles. The van der Waals surface area contributed by atoms with E-state index in [1.54, 1.807) is 10.9 Å². The van der Waals surface area contributed by atoms with Crippen LogP contribution < -0.4 is 0 Å². The van der Waals surface area contributed by atoms with Crippen molar-refractivity contribution in [2.45, 2.75) is 45.1 Å². The van der Waals surface area contributed by atoms with Gasteiger partial charge in [-0.2, -0.15) is 10.4 Å². The molecule has 0 amide bonds. The van der Waals surface area contributed by atoms with Gasteiger partial charge >= 0.3 is 0 Å². The molecule has 3 aromatic rings. The molecule has 1 aliphatic rings. The number of nitriles is 1. The first-order chi connectivity index (χ1) is 11.4. The number of fused-ring (bicyclic) bond motifs is 1. The molecule has 1 saturated carbocycles. The third-order valence-electron chi connectivity index (χ3n) is 3.96. The highest BCUT2D eigenvalue weighted by atomic mass is 15.3. The molecule has 0 spiro atoms. The molecule has 3 heterocycles. The van der Waals surface area contributed by atoms with Gasteiger partial charge in [-0.3, -0.25) is 4.68 Å². The van der Waals surface area contributed by atoms with Crippen LogP contribution >= 0.6 is 0 Å². The minimum Gasteiger partial charge on any atom is -0.346 e. The average molecular weight is 308 g/mol. The normalized spacial score (nSPS) is 13.5. The van der Waals surface area contributed by atoms with Gasteiger partial charge in [0.05, 0.1) is 30.9 Å². The molecule has 23 heavy (non-hydrogen) atoms. The summed E-state index contributed by atoms with van der Waals surface area (Å²) < 4.78 is 1.75. The monoisotopic (exact) mass is 308 g/mol. The SMILES string of the molecule is C1CCCC1.N#CCCn1cc(-c2ncnc3[nH]ccc23)cn1. The van der Waals surface area contributed by atoms with E-state index in [0.29, 0.717) is 13.0 Å². The molecule has 3 aromatic heterocycles. The van der Waals surface area contributed by atoms with Crippen LogP contribution in [0.15, 0.2) is 31.0 Å². The van der Waals surface area contributed by atoms with Gasteiger partial charge in [-0.15, -0.1) is 0 Å². The van der Waals surface area contributed by atoms with Crippen LogP contribution in [0.25, 0.3) is 22.3 Å². The number of nitrogens with one attached hydrogen (secondary N) is 1. The summed E-state index contributed by atoms with van der Waals surface area (Å²) >= 11 is 0. The van der Waals surface area contributed by atoms with Crippen molar-refractivity contribution in [3.05, 3.63) is 31.0 Å². The van der Waals surface area contributed by atoms with E-state index < -0.39 is 0 Å². The Morgan fingerprint density at radius 1 is 1.17 bits per heavy atom. The highest BCUT2D eigenvalue weighted by molar-refractivity contribution is 5.89. The van der Waals surface area contributed by atoms with E-state index in [0.717, 1.165) is 22.3 Å². The highest BCUT2D eigenvalue weighted by Gasteiger charge is 2.08. The molecule has 118 valence electrons. The maximum Gasteiger partial charge on any atom is 0.141 e. The maximum absolute atomic E-state index is 8.55. The van der Waals surface area contributed by atoms with Gasteiger partial charge in [-0.25, -0.2) is 9.97 Å². The van der Waals surface area contributed by atoms with E-state index in [-0.39, 0.29) is 0 Å². The number of rotatable bonds is 3. The van der Waals surface area contributed by atoms with E-state index in [9.17, 15) is 0 Å². The first-order valence-corrected chi connectivity index (χ1v) is 8.06. The van der Waals surface area contributed by atoms with Gasteiger partial charge in [0.1, 0.15) is 12.0 Å². The van der Waals surface area contributed by atoms with Crippen LogP contribution in [0.4, 0.5) is 0 Å². The average Bonchev–Trinajstić information content (AvgIpc) is 3.35. The lowest BCUT2D eigenvalue weighted by atomic mass is 10.2. The Morgan fingerprint density at radius 2 is 1.96 bits per heavy atom. The molecule has 0 aliphatic heterocycles. The third-order valence-corrected chi connectivity index (χ3v) is 3.96. The Labute approximate surface area is 135 Å². The second-order valence-corrected chi connectivity index (χ2v) is 5.63. The van der Waals surface area contributed by atoms with Crippen molar-refractivity contribution < 1.29 is 0 Å². The van der Waals surface area contributed by atoms with Gasteiger partial charge in [-0.1, -0.05) is 32.1 Å². The van der Waals surface area contributed by atoms with Gasteiger partial charge in [0.2, 0.25) is 0 Å². The van der Waals surface area contributed by atoms with E-state index >= 15 is 0 Å². The molecule has 1 fully saturated rings. The molecular weight excluding hydrogens is 288 g/mol. The summed E-state index contributed by atoms with van der Waals surface area (Å²) in [5, 5.41) is 13.7. The van der Waals surface area contributed by atoms with Crippen molar-refractivity contribution in [3.63, 3.8) is 0 Å². The van der Waals surface area contributed by atoms with Crippen LogP contribution in [0, 0.1) is 11.3 Å². The van der Waals surface area contributed by atoms with Crippen molar-refractivity contribution in [3.8, 4) is 17.3 Å². The zero-order chi connectivity index (χ0) is 15.9. The van der Waals surface area contributed by atoms with Crippen molar-refractivity contribution in [1.29, 1.82) is 5.26 Å². The van der Waals surface area contributed by atoms with Gasteiger partial charge in [-0.05, 0) is 6.07 Å². The number of aromatic amines is 1. The Morgan fingerprint density at radius 3 is 2.70 bits per heavy atom. The van der Waals surface area contributed by atoms with Gasteiger partial charge in [0.15, 0.2) is 0 Å². The number of hydrogen-bond donors (Lipinski definition) is 1. The summed E-state index contributed by atoms with van der Waals surface area (Å²) in [5.74, 6) is 0. The maximum atomic E-state index is 8.55. The lowest BCUT2D eigenvalue weighted by molar-refractivity contribution is 0.628. The zero-order valence-electron chi connectivity index (χ0n) is 13.1. The number of nitrogens with zero attached hydrogens (tertiary/aromatic N) is 5. The second-order valence-electron chi connectivity index (χ2n) is 5.63. The van der Waals surface area contributed by atoms with Crippen molar-refractivity contribution in [2.75, 3.05) is 0 Å². The van der Waals surface area contributed by atoms with Gasteiger partial charge in [0, 0.05) is 23.3 Å². The van der Waals surface area contributed by atoms with Crippen LogP contribution in [0.2, 0.25) is 0 Å². The summed E-state index contributed by atoms with van der Waals surface area (Å²) in [6.07, 6.45) is 15.0. The molecule has 0 bridgehead atoms. The smallest absolute Gasteiger partial charge is 0.141 e. The molecule has 1 N–H and O–H groups in total. The van der Waals surface area contributed by atoms with Crippen LogP contribution in [0.3, 0.4) is 0 Å². The third kappa shape index (κ3) is 3.75. The molecule has 4 rings (SSSR count). The summed E-state index contributed by atoms with van der Waals surface area (Å²) in [5.41, 5.74) is 2.59. The van der Waals surface area contributed by atoms with E-state index in [4.69, 9.17) is 5.26 Å². The fourth-order valence-electron chi connectivity index (χ4n) is 2.76. The molecule has 0 aromatic carbocycles. The summed E-state index contributed by atoms with van der Waals surface area (Å²) in [7, 11) is 0. The van der Waals surface area contributed by atoms with E-state index in [2.05, 4.69) is 26.1 Å². The molecule has 6 heteroatoms. The van der Waals surface area contributed by atoms with Crippen LogP contribution in [0.1, 0.15) is 38.5 Å². The van der Waals surface area contributed by atoms with Crippen LogP contribution in [-0.2, 0) is 6.54 Å². The molecule has 6 nitrogen and oxygen atoms in total. The molecule has 1 aliphatic carbocycles. The standard InChI is InChI=1S/C12H10N6.C5H10/c13-3-1-5-18-7-9(6-17-18)11-10-2-4-14-12(10)16-8-15-11;1-2-4-5-3-1/h2,4,6-8H,1,5H2,(H,14,15,16);1-5H2. The van der Waals surface area contributed by atoms with Crippen molar-refractivity contribution >= 4 is 11.0 Å². The number of hydrogen-bond acceptors (Lipinski definition) is 4. The van der Waals surface area contributed by atoms with Crippen LogP contribution in [0.5, 0.6) is 0 Å². The Balaban J connectivity index is 0.000000267. The highest BCUT2D eigenvalue weighted by Crippen LogP contribution is 2.23. The fraction of sp³-hybridized carbons (Fsp3) is 0.412. The quantitative estimate of drug-likeness (QED) is 0.800. The Hall–Kier alpha value is -2.68.